The zero-order valence-corrected chi connectivity index (χ0v) is 20.9. The highest BCUT2D eigenvalue weighted by Crippen LogP contribution is 2.39. The molecule has 0 N–H and O–H groups in total. The number of rotatable bonds is 11. The van der Waals surface area contributed by atoms with E-state index in [-0.39, 0.29) is 24.3 Å². The second-order valence-corrected chi connectivity index (χ2v) is 7.86. The lowest BCUT2D eigenvalue weighted by atomic mass is 9.94. The predicted molar refractivity (Wildman–Crippen MR) is 136 cm³/mol. The van der Waals surface area contributed by atoms with Crippen LogP contribution in [-0.2, 0) is 9.47 Å². The van der Waals surface area contributed by atoms with Crippen molar-refractivity contribution >= 4 is 11.9 Å². The monoisotopic (exact) mass is 514 g/mol. The molecule has 0 fully saturated rings. The van der Waals surface area contributed by atoms with Crippen LogP contribution < -0.4 is 9.47 Å². The Hall–Kier alpha value is -4.86. The van der Waals surface area contributed by atoms with Gasteiger partial charge in [0.15, 0.2) is 12.2 Å². The Bertz CT molecular complexity index is 1250. The van der Waals surface area contributed by atoms with Gasteiger partial charge in [-0.15, -0.1) is 0 Å². The summed E-state index contributed by atoms with van der Waals surface area (Å²) in [6.45, 7) is 3.74. The van der Waals surface area contributed by atoms with Crippen LogP contribution >= 0.6 is 0 Å². The third-order valence-corrected chi connectivity index (χ3v) is 5.41. The highest BCUT2D eigenvalue weighted by atomic mass is 16.5. The van der Waals surface area contributed by atoms with Crippen LogP contribution in [0.1, 0.15) is 57.9 Å². The predicted octanol–water partition coefficient (Wildman–Crippen LogP) is 4.56. The van der Waals surface area contributed by atoms with Crippen LogP contribution in [0, 0.1) is 0 Å². The highest BCUT2D eigenvalue weighted by Gasteiger charge is 2.36. The molecule has 0 saturated carbocycles. The van der Waals surface area contributed by atoms with Crippen molar-refractivity contribution in [3.05, 3.63) is 108 Å². The molecule has 2 heterocycles. The van der Waals surface area contributed by atoms with Crippen molar-refractivity contribution in [1.29, 1.82) is 0 Å². The van der Waals surface area contributed by atoms with E-state index in [1.165, 1.54) is 24.8 Å². The van der Waals surface area contributed by atoms with Gasteiger partial charge in [-0.25, -0.2) is 9.59 Å². The number of carbonyl (C=O) groups is 2. The van der Waals surface area contributed by atoms with Crippen molar-refractivity contribution in [2.24, 2.45) is 0 Å². The van der Waals surface area contributed by atoms with Crippen LogP contribution in [-0.4, -0.2) is 45.5 Å². The van der Waals surface area contributed by atoms with Gasteiger partial charge in [-0.1, -0.05) is 36.4 Å². The Morgan fingerprint density at radius 2 is 0.974 bits per heavy atom. The normalized spacial score (nSPS) is 12.2. The number of benzene rings is 2. The molecule has 0 bridgehead atoms. The van der Waals surface area contributed by atoms with E-state index in [1.54, 1.807) is 38.1 Å². The minimum absolute atomic E-state index is 0.143. The van der Waals surface area contributed by atoms with Crippen molar-refractivity contribution in [2.45, 2.75) is 26.1 Å². The van der Waals surface area contributed by atoms with Gasteiger partial charge >= 0.3 is 11.9 Å². The molecule has 38 heavy (non-hydrogen) atoms. The number of nitrogens with zero attached hydrogens (tertiary/aromatic N) is 4. The van der Waals surface area contributed by atoms with E-state index in [9.17, 15) is 9.59 Å². The first kappa shape index (κ1) is 26.2. The molecule has 10 heteroatoms. The van der Waals surface area contributed by atoms with Gasteiger partial charge in [0.1, 0.15) is 11.5 Å². The quantitative estimate of drug-likeness (QED) is 0.263. The first-order valence-electron chi connectivity index (χ1n) is 12.0. The fourth-order valence-corrected chi connectivity index (χ4v) is 3.74. The van der Waals surface area contributed by atoms with E-state index in [2.05, 4.69) is 20.4 Å². The van der Waals surface area contributed by atoms with Crippen LogP contribution in [0.3, 0.4) is 0 Å². The molecule has 0 spiro atoms. The van der Waals surface area contributed by atoms with Crippen LogP contribution in [0.4, 0.5) is 0 Å². The Labute approximate surface area is 219 Å². The van der Waals surface area contributed by atoms with Gasteiger partial charge in [-0.2, -0.15) is 20.4 Å². The third kappa shape index (κ3) is 6.28. The lowest BCUT2D eigenvalue weighted by Crippen LogP contribution is -2.27. The molecule has 0 unspecified atom stereocenters. The van der Waals surface area contributed by atoms with Crippen molar-refractivity contribution in [3.8, 4) is 11.5 Å². The van der Waals surface area contributed by atoms with Gasteiger partial charge in [0.25, 0.3) is 0 Å². The number of para-hydroxylation sites is 2. The molecule has 194 valence electrons. The molecule has 0 amide bonds. The number of esters is 2. The average Bonchev–Trinajstić information content (AvgIpc) is 2.96. The average molecular weight is 515 g/mol. The molecule has 0 saturated heterocycles. The first-order valence-corrected chi connectivity index (χ1v) is 12.0. The van der Waals surface area contributed by atoms with E-state index in [4.69, 9.17) is 18.9 Å². The van der Waals surface area contributed by atoms with Crippen molar-refractivity contribution in [3.63, 3.8) is 0 Å². The van der Waals surface area contributed by atoms with Crippen molar-refractivity contribution in [1.82, 2.24) is 20.4 Å². The molecule has 0 radical (unpaired) electrons. The first-order chi connectivity index (χ1) is 18.6. The van der Waals surface area contributed by atoms with Gasteiger partial charge in [-0.05, 0) is 38.1 Å². The summed E-state index contributed by atoms with van der Waals surface area (Å²) in [6.07, 6.45) is 3.44. The lowest BCUT2D eigenvalue weighted by Gasteiger charge is -2.30. The fourth-order valence-electron chi connectivity index (χ4n) is 3.74. The van der Waals surface area contributed by atoms with Crippen molar-refractivity contribution in [2.75, 3.05) is 13.2 Å². The van der Waals surface area contributed by atoms with Gasteiger partial charge in [0.05, 0.1) is 49.1 Å². The number of carbonyl (C=O) groups excluding carboxylic acids is 2. The second kappa shape index (κ2) is 12.9. The molecule has 4 rings (SSSR count). The summed E-state index contributed by atoms with van der Waals surface area (Å²) in [6, 6.07) is 18.0. The maximum Gasteiger partial charge on any atom is 0.340 e. The molecular weight excluding hydrogens is 488 g/mol. The SMILES string of the molecule is CCOC(=O)c1cnncc1[C@@H](Oc1ccccc1)[C@@H](Oc1ccccc1)c1cnncc1C(=O)OCC. The highest BCUT2D eigenvalue weighted by molar-refractivity contribution is 5.91. The number of hydrogen-bond acceptors (Lipinski definition) is 10. The molecule has 2 atom stereocenters. The Morgan fingerprint density at radius 3 is 1.34 bits per heavy atom. The minimum atomic E-state index is -1.01. The van der Waals surface area contributed by atoms with E-state index >= 15 is 0 Å². The lowest BCUT2D eigenvalue weighted by molar-refractivity contribution is 0.0407. The smallest absolute Gasteiger partial charge is 0.340 e. The molecule has 0 aliphatic rings. The summed E-state index contributed by atoms with van der Waals surface area (Å²) in [5.74, 6) is -0.219. The maximum atomic E-state index is 12.9. The van der Waals surface area contributed by atoms with E-state index in [0.717, 1.165) is 0 Å². The summed E-state index contributed by atoms with van der Waals surface area (Å²) in [7, 11) is 0. The second-order valence-electron chi connectivity index (χ2n) is 7.86. The Balaban J connectivity index is 1.92. The fraction of sp³-hybridized carbons (Fsp3) is 0.214. The number of ether oxygens (including phenoxy) is 4. The van der Waals surface area contributed by atoms with Crippen LogP contribution in [0.15, 0.2) is 85.5 Å². The van der Waals surface area contributed by atoms with Gasteiger partial charge in [0, 0.05) is 11.1 Å². The third-order valence-electron chi connectivity index (χ3n) is 5.41. The van der Waals surface area contributed by atoms with E-state index in [0.29, 0.717) is 22.6 Å². The van der Waals surface area contributed by atoms with Crippen LogP contribution in [0.25, 0.3) is 0 Å². The standard InChI is InChI=1S/C28H26N4O6/c1-3-35-27(33)23-17-31-29-15-21(23)25(37-19-11-7-5-8-12-19)26(38-20-13-9-6-10-14-20)22-16-30-32-18-24(22)28(34)36-4-2/h5-18,25-26H,3-4H2,1-2H3/t25-,26+. The molecule has 2 aromatic heterocycles. The number of hydrogen-bond donors (Lipinski definition) is 0. The summed E-state index contributed by atoms with van der Waals surface area (Å²) >= 11 is 0. The molecular formula is C28H26N4O6. The molecule has 0 aliphatic carbocycles. The van der Waals surface area contributed by atoms with Crippen molar-refractivity contribution < 1.29 is 28.5 Å². The summed E-state index contributed by atoms with van der Waals surface area (Å²) in [5.41, 5.74) is 0.970. The van der Waals surface area contributed by atoms with Gasteiger partial charge in [-0.3, -0.25) is 0 Å². The van der Waals surface area contributed by atoms with Crippen LogP contribution in [0.2, 0.25) is 0 Å². The summed E-state index contributed by atoms with van der Waals surface area (Å²) in [4.78, 5) is 25.8. The molecule has 4 aromatic rings. The summed E-state index contributed by atoms with van der Waals surface area (Å²) < 4.78 is 23.4. The molecule has 10 nitrogen and oxygen atoms in total. The minimum Gasteiger partial charge on any atom is -0.481 e. The zero-order chi connectivity index (χ0) is 26.7. The van der Waals surface area contributed by atoms with Gasteiger partial charge < -0.3 is 18.9 Å². The molecule has 0 aliphatic heterocycles. The number of aromatic nitrogens is 4. The topological polar surface area (TPSA) is 123 Å². The van der Waals surface area contributed by atoms with Gasteiger partial charge in [0.2, 0.25) is 0 Å². The van der Waals surface area contributed by atoms with Crippen LogP contribution in [0.5, 0.6) is 11.5 Å². The summed E-state index contributed by atoms with van der Waals surface area (Å²) in [5, 5.41) is 15.8. The molecule has 2 aromatic carbocycles. The Kier molecular flexibility index (Phi) is 8.90. The maximum absolute atomic E-state index is 12.9. The Morgan fingerprint density at radius 1 is 0.605 bits per heavy atom. The van der Waals surface area contributed by atoms with E-state index in [1.807, 2.05) is 36.4 Å². The van der Waals surface area contributed by atoms with E-state index < -0.39 is 24.1 Å². The largest absolute Gasteiger partial charge is 0.481 e. The zero-order valence-electron chi connectivity index (χ0n) is 20.9.